The molecule has 0 aliphatic carbocycles. The van der Waals surface area contributed by atoms with Gasteiger partial charge in [0.15, 0.2) is 0 Å². The van der Waals surface area contributed by atoms with Crippen molar-refractivity contribution in [2.45, 2.75) is 302 Å². The number of hydrogen-bond donors (Lipinski definition) is 3. The predicted molar refractivity (Wildman–Crippen MR) is 253 cm³/mol. The van der Waals surface area contributed by atoms with Gasteiger partial charge in [-0.25, -0.2) is 0 Å². The summed E-state index contributed by atoms with van der Waals surface area (Å²) >= 11 is 0. The average Bonchev–Trinajstić information content (AvgIpc) is 3.22. The standard InChI is InChI=1S/C53H103NO3/c1-3-5-7-9-11-13-15-17-18-19-20-21-22-23-24-25-26-27-28-29-30-31-32-33-34-35-37-38-40-42-44-46-48-52(56)51(50-55)54-53(57)49-47-45-43-41-39-36-16-14-12-10-8-6-4-2/h14,16,46,48,51-52,55-56H,3-13,15,17-45,47,49-50H2,1-2H3,(H,54,57)/b16-14-,48-46+. The monoisotopic (exact) mass is 802 g/mol. The molecule has 0 saturated carbocycles. The molecule has 0 aromatic carbocycles. The third-order valence-electron chi connectivity index (χ3n) is 12.2. The molecule has 0 rings (SSSR count). The summed E-state index contributed by atoms with van der Waals surface area (Å²) in [5.41, 5.74) is 0. The molecule has 0 heterocycles. The van der Waals surface area contributed by atoms with Crippen molar-refractivity contribution in [1.29, 1.82) is 0 Å². The summed E-state index contributed by atoms with van der Waals surface area (Å²) in [5.74, 6) is -0.0708. The van der Waals surface area contributed by atoms with Crippen molar-refractivity contribution in [3.63, 3.8) is 0 Å². The Morgan fingerprint density at radius 2 is 0.667 bits per heavy atom. The van der Waals surface area contributed by atoms with E-state index in [2.05, 4.69) is 31.3 Å². The highest BCUT2D eigenvalue weighted by Crippen LogP contribution is 2.17. The summed E-state index contributed by atoms with van der Waals surface area (Å²) in [4.78, 5) is 12.4. The molecule has 2 atom stereocenters. The van der Waals surface area contributed by atoms with Crippen LogP contribution in [0.5, 0.6) is 0 Å². The quantitative estimate of drug-likeness (QED) is 0.0424. The second-order valence-electron chi connectivity index (χ2n) is 17.9. The first-order valence-electron chi connectivity index (χ1n) is 26.1. The number of carbonyl (C=O) groups is 1. The van der Waals surface area contributed by atoms with Gasteiger partial charge in [-0.3, -0.25) is 4.79 Å². The molecule has 0 aromatic heterocycles. The van der Waals surface area contributed by atoms with Gasteiger partial charge in [0.25, 0.3) is 0 Å². The summed E-state index contributed by atoms with van der Waals surface area (Å²) in [6.45, 7) is 4.31. The van der Waals surface area contributed by atoms with Crippen molar-refractivity contribution < 1.29 is 15.0 Å². The fraction of sp³-hybridized carbons (Fsp3) is 0.906. The van der Waals surface area contributed by atoms with Gasteiger partial charge in [-0.2, -0.15) is 0 Å². The molecule has 0 bridgehead atoms. The second-order valence-corrected chi connectivity index (χ2v) is 17.9. The van der Waals surface area contributed by atoms with Crippen LogP contribution in [0.15, 0.2) is 24.3 Å². The molecule has 0 saturated heterocycles. The normalized spacial score (nSPS) is 13.0. The average molecular weight is 802 g/mol. The molecule has 0 spiro atoms. The summed E-state index contributed by atoms with van der Waals surface area (Å²) < 4.78 is 0. The Hall–Kier alpha value is -1.13. The number of unbranched alkanes of at least 4 members (excludes halogenated alkanes) is 39. The lowest BCUT2D eigenvalue weighted by Gasteiger charge is -2.20. The number of hydrogen-bond acceptors (Lipinski definition) is 3. The molecule has 0 aliphatic heterocycles. The maximum atomic E-state index is 12.4. The Labute approximate surface area is 358 Å². The van der Waals surface area contributed by atoms with Crippen LogP contribution in [-0.2, 0) is 4.79 Å². The zero-order valence-electron chi connectivity index (χ0n) is 38.9. The van der Waals surface area contributed by atoms with E-state index in [0.29, 0.717) is 6.42 Å². The first-order valence-corrected chi connectivity index (χ1v) is 26.1. The Balaban J connectivity index is 3.42. The molecule has 0 radical (unpaired) electrons. The Morgan fingerprint density at radius 1 is 0.404 bits per heavy atom. The van der Waals surface area contributed by atoms with Crippen LogP contribution >= 0.6 is 0 Å². The fourth-order valence-electron chi connectivity index (χ4n) is 8.18. The van der Waals surface area contributed by atoms with E-state index in [0.717, 1.165) is 38.5 Å². The van der Waals surface area contributed by atoms with E-state index in [1.807, 2.05) is 6.08 Å². The van der Waals surface area contributed by atoms with E-state index in [1.165, 1.54) is 231 Å². The van der Waals surface area contributed by atoms with E-state index in [9.17, 15) is 15.0 Å². The minimum atomic E-state index is -0.841. The molecule has 0 aliphatic rings. The van der Waals surface area contributed by atoms with Crippen molar-refractivity contribution in [3.8, 4) is 0 Å². The molecule has 4 nitrogen and oxygen atoms in total. The van der Waals surface area contributed by atoms with Gasteiger partial charge in [0, 0.05) is 6.42 Å². The third kappa shape index (κ3) is 45.8. The Morgan fingerprint density at radius 3 is 0.982 bits per heavy atom. The number of amides is 1. The van der Waals surface area contributed by atoms with E-state index in [4.69, 9.17) is 0 Å². The number of carbonyl (C=O) groups excluding carboxylic acids is 1. The molecule has 3 N–H and O–H groups in total. The minimum Gasteiger partial charge on any atom is -0.394 e. The summed E-state index contributed by atoms with van der Waals surface area (Å²) in [6, 6.07) is -0.624. The van der Waals surface area contributed by atoms with Crippen molar-refractivity contribution in [1.82, 2.24) is 5.32 Å². The van der Waals surface area contributed by atoms with Gasteiger partial charge in [0.2, 0.25) is 5.91 Å². The van der Waals surface area contributed by atoms with E-state index >= 15 is 0 Å². The number of rotatable bonds is 48. The Kier molecular flexibility index (Phi) is 48.3. The lowest BCUT2D eigenvalue weighted by Crippen LogP contribution is -2.45. The SMILES string of the molecule is CCCCCC/C=C\CCCCCCCC(=O)NC(CO)C(O)/C=C/CCCCCCCCCCCCCCCCCCCCCCCCCCCCCCCC. The summed E-state index contributed by atoms with van der Waals surface area (Å²) in [6.07, 6.45) is 64.8. The fourth-order valence-corrected chi connectivity index (χ4v) is 8.18. The molecule has 338 valence electrons. The summed E-state index contributed by atoms with van der Waals surface area (Å²) in [7, 11) is 0. The van der Waals surface area contributed by atoms with Crippen molar-refractivity contribution in [2.75, 3.05) is 6.61 Å². The van der Waals surface area contributed by atoms with Crippen LogP contribution in [0.1, 0.15) is 290 Å². The van der Waals surface area contributed by atoms with Crippen molar-refractivity contribution >= 4 is 5.91 Å². The van der Waals surface area contributed by atoms with E-state index < -0.39 is 12.1 Å². The Bertz CT molecular complexity index is 825. The number of aliphatic hydroxyl groups is 2. The topological polar surface area (TPSA) is 69.6 Å². The highest BCUT2D eigenvalue weighted by molar-refractivity contribution is 5.76. The van der Waals surface area contributed by atoms with Gasteiger partial charge in [-0.15, -0.1) is 0 Å². The van der Waals surface area contributed by atoms with Gasteiger partial charge in [0.05, 0.1) is 18.8 Å². The second kappa shape index (κ2) is 49.2. The highest BCUT2D eigenvalue weighted by Gasteiger charge is 2.18. The third-order valence-corrected chi connectivity index (χ3v) is 12.2. The highest BCUT2D eigenvalue weighted by atomic mass is 16.3. The van der Waals surface area contributed by atoms with E-state index in [1.54, 1.807) is 6.08 Å². The van der Waals surface area contributed by atoms with Gasteiger partial charge >= 0.3 is 0 Å². The molecule has 1 amide bonds. The van der Waals surface area contributed by atoms with Crippen LogP contribution in [0.2, 0.25) is 0 Å². The lowest BCUT2D eigenvalue weighted by atomic mass is 10.0. The van der Waals surface area contributed by atoms with Gasteiger partial charge in [-0.1, -0.05) is 263 Å². The molecule has 4 heteroatoms. The van der Waals surface area contributed by atoms with Crippen LogP contribution in [0.25, 0.3) is 0 Å². The van der Waals surface area contributed by atoms with Crippen LogP contribution in [0.4, 0.5) is 0 Å². The smallest absolute Gasteiger partial charge is 0.220 e. The maximum absolute atomic E-state index is 12.4. The van der Waals surface area contributed by atoms with Crippen molar-refractivity contribution in [3.05, 3.63) is 24.3 Å². The first kappa shape index (κ1) is 55.9. The largest absolute Gasteiger partial charge is 0.394 e. The van der Waals surface area contributed by atoms with Crippen LogP contribution < -0.4 is 5.32 Å². The zero-order chi connectivity index (χ0) is 41.4. The molecular weight excluding hydrogens is 699 g/mol. The molecule has 2 unspecified atom stereocenters. The van der Waals surface area contributed by atoms with Crippen molar-refractivity contribution in [2.24, 2.45) is 0 Å². The molecule has 57 heavy (non-hydrogen) atoms. The van der Waals surface area contributed by atoms with Gasteiger partial charge in [-0.05, 0) is 44.9 Å². The number of aliphatic hydroxyl groups excluding tert-OH is 2. The zero-order valence-corrected chi connectivity index (χ0v) is 38.9. The van der Waals surface area contributed by atoms with E-state index in [-0.39, 0.29) is 12.5 Å². The lowest BCUT2D eigenvalue weighted by molar-refractivity contribution is -0.123. The van der Waals surface area contributed by atoms with Crippen LogP contribution in [0.3, 0.4) is 0 Å². The van der Waals surface area contributed by atoms with Gasteiger partial charge < -0.3 is 15.5 Å². The molecule has 0 fully saturated rings. The van der Waals surface area contributed by atoms with Crippen LogP contribution in [0, 0.1) is 0 Å². The molecule has 0 aromatic rings. The van der Waals surface area contributed by atoms with Gasteiger partial charge in [0.1, 0.15) is 0 Å². The number of allylic oxidation sites excluding steroid dienone is 3. The summed E-state index contributed by atoms with van der Waals surface area (Å²) in [5, 5.41) is 23.1. The minimum absolute atomic E-state index is 0.0708. The van der Waals surface area contributed by atoms with Crippen LogP contribution in [-0.4, -0.2) is 34.9 Å². The first-order chi connectivity index (χ1) is 28.2. The predicted octanol–water partition coefficient (Wildman–Crippen LogP) is 16.8. The molecular formula is C53H103NO3. The maximum Gasteiger partial charge on any atom is 0.220 e. The number of nitrogens with one attached hydrogen (secondary N) is 1.